The Balaban J connectivity index is 2.53. The Kier molecular flexibility index (Phi) is 7.86. The Morgan fingerprint density at radius 3 is 2.75 bits per heavy atom. The minimum Gasteiger partial charge on any atom is -0.465 e. The molecule has 0 amide bonds. The lowest BCUT2D eigenvalue weighted by Gasteiger charge is -2.15. The number of aromatic nitrogens is 2. The molecule has 0 radical (unpaired) electrons. The van der Waals surface area contributed by atoms with Gasteiger partial charge in [0.1, 0.15) is 6.04 Å². The Labute approximate surface area is 128 Å². The first-order valence-corrected chi connectivity index (χ1v) is 8.42. The highest BCUT2D eigenvalue weighted by Gasteiger charge is 2.20. The number of carbonyl (C=O) groups is 1. The molecule has 1 heterocycles. The van der Waals surface area contributed by atoms with E-state index in [1.54, 1.807) is 0 Å². The van der Waals surface area contributed by atoms with E-state index in [2.05, 4.69) is 22.4 Å². The van der Waals surface area contributed by atoms with Crippen molar-refractivity contribution in [2.45, 2.75) is 30.6 Å². The number of rotatable bonds is 9. The maximum Gasteiger partial charge on any atom is 0.323 e. The van der Waals surface area contributed by atoms with Crippen molar-refractivity contribution < 1.29 is 9.53 Å². The largest absolute Gasteiger partial charge is 0.465 e. The molecule has 0 saturated carbocycles. The monoisotopic (exact) mass is 318 g/mol. The number of carbonyl (C=O) groups excluding carboxylic acids is 1. The van der Waals surface area contributed by atoms with Gasteiger partial charge in [0.15, 0.2) is 4.34 Å². The van der Waals surface area contributed by atoms with E-state index in [-0.39, 0.29) is 12.0 Å². The van der Waals surface area contributed by atoms with E-state index in [0.717, 1.165) is 22.4 Å². The Morgan fingerprint density at radius 1 is 1.45 bits per heavy atom. The van der Waals surface area contributed by atoms with Crippen LogP contribution in [0.25, 0.3) is 0 Å². The average Bonchev–Trinajstić information content (AvgIpc) is 2.88. The highest BCUT2D eigenvalue weighted by Crippen LogP contribution is 2.27. The van der Waals surface area contributed by atoms with Crippen molar-refractivity contribution in [3.05, 3.63) is 0 Å². The van der Waals surface area contributed by atoms with Crippen LogP contribution in [0.5, 0.6) is 0 Å². The first-order valence-electron chi connectivity index (χ1n) is 6.62. The summed E-state index contributed by atoms with van der Waals surface area (Å²) in [6, 6.07) is -0.299. The summed E-state index contributed by atoms with van der Waals surface area (Å²) in [5, 5.41) is 12.2. The molecule has 0 aliphatic heterocycles. The van der Waals surface area contributed by atoms with Gasteiger partial charge in [-0.25, -0.2) is 0 Å². The maximum absolute atomic E-state index is 11.8. The first-order chi connectivity index (χ1) is 9.58. The van der Waals surface area contributed by atoms with Crippen molar-refractivity contribution >= 4 is 34.2 Å². The molecule has 114 valence electrons. The molecular formula is C12H22N4O2S2. The predicted octanol–water partition coefficient (Wildman–Crippen LogP) is 1.63. The number of hydrogen-bond donors (Lipinski definition) is 1. The molecule has 8 heteroatoms. The maximum atomic E-state index is 11.8. The van der Waals surface area contributed by atoms with Gasteiger partial charge in [0.05, 0.1) is 6.61 Å². The Morgan fingerprint density at radius 2 is 2.20 bits per heavy atom. The molecule has 0 bridgehead atoms. The number of esters is 1. The van der Waals surface area contributed by atoms with Crippen molar-refractivity contribution in [2.24, 2.45) is 0 Å². The fraction of sp³-hybridized carbons (Fsp3) is 0.750. The molecule has 1 rings (SSSR count). The zero-order chi connectivity index (χ0) is 15.0. The van der Waals surface area contributed by atoms with Gasteiger partial charge in [0, 0.05) is 19.8 Å². The summed E-state index contributed by atoms with van der Waals surface area (Å²) < 4.78 is 5.94. The lowest BCUT2D eigenvalue weighted by atomic mass is 10.3. The second-order valence-electron chi connectivity index (χ2n) is 4.31. The summed E-state index contributed by atoms with van der Waals surface area (Å²) in [4.78, 5) is 13.8. The minimum atomic E-state index is -0.299. The van der Waals surface area contributed by atoms with Crippen LogP contribution >= 0.6 is 23.1 Å². The third-order valence-electron chi connectivity index (χ3n) is 2.36. The van der Waals surface area contributed by atoms with E-state index in [0.29, 0.717) is 12.4 Å². The quantitative estimate of drug-likeness (QED) is 0.548. The summed E-state index contributed by atoms with van der Waals surface area (Å²) >= 11 is 3.04. The standard InChI is InChI=1S/C12H22N4O2S2/c1-5-7-13-9(10(17)18-6-2)8-19-12-15-14-11(20-12)16(3)4/h9,13H,5-8H2,1-4H3. The van der Waals surface area contributed by atoms with Gasteiger partial charge < -0.3 is 15.0 Å². The summed E-state index contributed by atoms with van der Waals surface area (Å²) in [7, 11) is 3.86. The van der Waals surface area contributed by atoms with Crippen molar-refractivity contribution in [1.82, 2.24) is 15.5 Å². The van der Waals surface area contributed by atoms with Gasteiger partial charge in [-0.15, -0.1) is 10.2 Å². The van der Waals surface area contributed by atoms with E-state index in [1.165, 1.54) is 23.1 Å². The number of nitrogens with zero attached hydrogens (tertiary/aromatic N) is 3. The van der Waals surface area contributed by atoms with E-state index in [4.69, 9.17) is 4.74 Å². The summed E-state index contributed by atoms with van der Waals surface area (Å²) in [6.45, 7) is 5.08. The minimum absolute atomic E-state index is 0.203. The predicted molar refractivity (Wildman–Crippen MR) is 83.7 cm³/mol. The van der Waals surface area contributed by atoms with Crippen LogP contribution < -0.4 is 10.2 Å². The summed E-state index contributed by atoms with van der Waals surface area (Å²) in [5.74, 6) is 0.395. The zero-order valence-corrected chi connectivity index (χ0v) is 14.0. The Bertz CT molecular complexity index is 412. The molecule has 1 aromatic rings. The molecule has 0 aliphatic rings. The second kappa shape index (κ2) is 9.15. The summed E-state index contributed by atoms with van der Waals surface area (Å²) in [5.41, 5.74) is 0. The highest BCUT2D eigenvalue weighted by molar-refractivity contribution is 8.01. The van der Waals surface area contributed by atoms with Crippen LogP contribution in [0.1, 0.15) is 20.3 Å². The van der Waals surface area contributed by atoms with Crippen molar-refractivity contribution in [3.63, 3.8) is 0 Å². The van der Waals surface area contributed by atoms with Gasteiger partial charge in [-0.3, -0.25) is 4.79 Å². The van der Waals surface area contributed by atoms with Crippen molar-refractivity contribution in [1.29, 1.82) is 0 Å². The third kappa shape index (κ3) is 5.64. The van der Waals surface area contributed by atoms with Gasteiger partial charge in [0.25, 0.3) is 0 Å². The van der Waals surface area contributed by atoms with Crippen LogP contribution in [0.4, 0.5) is 5.13 Å². The molecule has 0 spiro atoms. The van der Waals surface area contributed by atoms with Gasteiger partial charge >= 0.3 is 5.97 Å². The van der Waals surface area contributed by atoms with Crippen LogP contribution in [0, 0.1) is 0 Å². The first kappa shape index (κ1) is 17.2. The van der Waals surface area contributed by atoms with E-state index >= 15 is 0 Å². The second-order valence-corrected chi connectivity index (χ2v) is 6.54. The number of anilines is 1. The lowest BCUT2D eigenvalue weighted by Crippen LogP contribution is -2.40. The number of ether oxygens (including phenoxy) is 1. The molecule has 0 aromatic carbocycles. The lowest BCUT2D eigenvalue weighted by molar-refractivity contribution is -0.144. The van der Waals surface area contributed by atoms with E-state index in [1.807, 2.05) is 25.9 Å². The van der Waals surface area contributed by atoms with Crippen LogP contribution in [0.3, 0.4) is 0 Å². The van der Waals surface area contributed by atoms with E-state index < -0.39 is 0 Å². The molecule has 1 N–H and O–H groups in total. The normalized spacial score (nSPS) is 12.2. The fourth-order valence-electron chi connectivity index (χ4n) is 1.37. The molecule has 6 nitrogen and oxygen atoms in total. The van der Waals surface area contributed by atoms with Crippen LogP contribution in [0.15, 0.2) is 4.34 Å². The van der Waals surface area contributed by atoms with Crippen LogP contribution in [-0.4, -0.2) is 55.2 Å². The van der Waals surface area contributed by atoms with E-state index in [9.17, 15) is 4.79 Å². The molecule has 0 saturated heterocycles. The number of nitrogens with one attached hydrogen (secondary N) is 1. The van der Waals surface area contributed by atoms with Crippen molar-refractivity contribution in [2.75, 3.05) is 37.9 Å². The highest BCUT2D eigenvalue weighted by atomic mass is 32.2. The van der Waals surface area contributed by atoms with Gasteiger partial charge in [-0.05, 0) is 19.9 Å². The van der Waals surface area contributed by atoms with Crippen LogP contribution in [-0.2, 0) is 9.53 Å². The summed E-state index contributed by atoms with van der Waals surface area (Å²) in [6.07, 6.45) is 0.976. The zero-order valence-electron chi connectivity index (χ0n) is 12.4. The van der Waals surface area contributed by atoms with Gasteiger partial charge in [0.2, 0.25) is 5.13 Å². The third-order valence-corrected chi connectivity index (χ3v) is 4.68. The topological polar surface area (TPSA) is 67.4 Å². The molecule has 0 fully saturated rings. The average molecular weight is 318 g/mol. The van der Waals surface area contributed by atoms with Gasteiger partial charge in [-0.1, -0.05) is 30.0 Å². The molecule has 20 heavy (non-hydrogen) atoms. The SMILES string of the molecule is CCCNC(CSc1nnc(N(C)C)s1)C(=O)OCC. The smallest absolute Gasteiger partial charge is 0.323 e. The number of thioether (sulfide) groups is 1. The molecular weight excluding hydrogens is 296 g/mol. The molecule has 0 aliphatic carbocycles. The number of hydrogen-bond acceptors (Lipinski definition) is 8. The Hall–Kier alpha value is -0.860. The molecule has 1 unspecified atom stereocenters. The van der Waals surface area contributed by atoms with Crippen LogP contribution in [0.2, 0.25) is 0 Å². The molecule has 1 aromatic heterocycles. The van der Waals surface area contributed by atoms with Gasteiger partial charge in [-0.2, -0.15) is 0 Å². The van der Waals surface area contributed by atoms with Crippen molar-refractivity contribution in [3.8, 4) is 0 Å². The fourth-order valence-corrected chi connectivity index (χ4v) is 3.20. The molecule has 1 atom stereocenters.